The Labute approximate surface area is 139 Å². The molecule has 1 amide bonds. The lowest BCUT2D eigenvalue weighted by atomic mass is 10.0. The molecule has 0 radical (unpaired) electrons. The van der Waals surface area contributed by atoms with Gasteiger partial charge in [-0.3, -0.25) is 4.79 Å². The van der Waals surface area contributed by atoms with E-state index in [9.17, 15) is 4.79 Å². The number of hydrogen-bond donors (Lipinski definition) is 1. The van der Waals surface area contributed by atoms with Gasteiger partial charge in [-0.15, -0.1) is 0 Å². The molecule has 0 bridgehead atoms. The average molecular weight is 335 g/mol. The molecule has 1 aliphatic rings. The summed E-state index contributed by atoms with van der Waals surface area (Å²) in [7, 11) is 0. The van der Waals surface area contributed by atoms with E-state index in [0.717, 1.165) is 36.6 Å². The molecule has 23 heavy (non-hydrogen) atoms. The van der Waals surface area contributed by atoms with Crippen LogP contribution >= 0.6 is 11.3 Å². The zero-order valence-corrected chi connectivity index (χ0v) is 14.4. The molecule has 3 heterocycles. The smallest absolute Gasteiger partial charge is 0.266 e. The number of nitrogens with one attached hydrogen (secondary N) is 1. The van der Waals surface area contributed by atoms with E-state index in [4.69, 9.17) is 4.52 Å². The molecule has 124 valence electrons. The van der Waals surface area contributed by atoms with Gasteiger partial charge in [0, 0.05) is 13.1 Å². The second kappa shape index (κ2) is 6.66. The van der Waals surface area contributed by atoms with Crippen molar-refractivity contribution in [1.82, 2.24) is 20.0 Å². The van der Waals surface area contributed by atoms with Crippen LogP contribution in [0.4, 0.5) is 5.13 Å². The Morgan fingerprint density at radius 3 is 2.91 bits per heavy atom. The van der Waals surface area contributed by atoms with Crippen molar-refractivity contribution >= 4 is 22.4 Å². The quantitative estimate of drug-likeness (QED) is 0.925. The second-order valence-corrected chi connectivity index (χ2v) is 6.65. The third kappa shape index (κ3) is 3.21. The first-order valence-electron chi connectivity index (χ1n) is 7.92. The maximum Gasteiger partial charge on any atom is 0.266 e. The summed E-state index contributed by atoms with van der Waals surface area (Å²) < 4.78 is 5.31. The van der Waals surface area contributed by atoms with E-state index in [0.29, 0.717) is 23.1 Å². The lowest BCUT2D eigenvalue weighted by Gasteiger charge is -2.33. The monoisotopic (exact) mass is 335 g/mol. The third-order valence-corrected chi connectivity index (χ3v) is 5.01. The van der Waals surface area contributed by atoms with Crippen LogP contribution in [0.25, 0.3) is 0 Å². The van der Waals surface area contributed by atoms with Crippen molar-refractivity contribution in [2.75, 3.05) is 18.4 Å². The SMILES string of the molecule is CCNc1nc(C)c(C(=O)N2CCCCC2c2nc(C)no2)s1. The molecule has 1 fully saturated rings. The normalized spacial score (nSPS) is 18.2. The fourth-order valence-electron chi connectivity index (χ4n) is 2.83. The van der Waals surface area contributed by atoms with Gasteiger partial charge in [-0.1, -0.05) is 16.5 Å². The molecule has 0 aliphatic carbocycles. The first kappa shape index (κ1) is 15.9. The summed E-state index contributed by atoms with van der Waals surface area (Å²) in [5.74, 6) is 1.13. The number of aryl methyl sites for hydroxylation is 2. The molecule has 1 unspecified atom stereocenters. The highest BCUT2D eigenvalue weighted by Gasteiger charge is 2.34. The number of rotatable bonds is 4. The van der Waals surface area contributed by atoms with Crippen LogP contribution in [0.5, 0.6) is 0 Å². The number of thiazole rings is 1. The molecule has 0 aromatic carbocycles. The Kier molecular flexibility index (Phi) is 4.61. The number of piperidine rings is 1. The zero-order chi connectivity index (χ0) is 16.4. The summed E-state index contributed by atoms with van der Waals surface area (Å²) in [6.45, 7) is 7.17. The number of nitrogens with zero attached hydrogens (tertiary/aromatic N) is 4. The van der Waals surface area contributed by atoms with E-state index >= 15 is 0 Å². The van der Waals surface area contributed by atoms with Crippen LogP contribution in [0.1, 0.15) is 59.3 Å². The van der Waals surface area contributed by atoms with Gasteiger partial charge >= 0.3 is 0 Å². The van der Waals surface area contributed by atoms with Crippen LogP contribution in [0.15, 0.2) is 4.52 Å². The Hall–Kier alpha value is -1.96. The van der Waals surface area contributed by atoms with Crippen LogP contribution in [0.2, 0.25) is 0 Å². The molecule has 2 aromatic heterocycles. The Balaban J connectivity index is 1.86. The highest BCUT2D eigenvalue weighted by molar-refractivity contribution is 7.17. The van der Waals surface area contributed by atoms with Gasteiger partial charge in [0.15, 0.2) is 11.0 Å². The van der Waals surface area contributed by atoms with Crippen molar-refractivity contribution in [3.05, 3.63) is 22.3 Å². The average Bonchev–Trinajstić information content (AvgIpc) is 3.13. The number of amides is 1. The summed E-state index contributed by atoms with van der Waals surface area (Å²) >= 11 is 1.41. The van der Waals surface area contributed by atoms with Crippen LogP contribution in [0, 0.1) is 13.8 Å². The number of aromatic nitrogens is 3. The summed E-state index contributed by atoms with van der Waals surface area (Å²) in [5.41, 5.74) is 0.766. The van der Waals surface area contributed by atoms with E-state index in [1.807, 2.05) is 18.7 Å². The predicted octanol–water partition coefficient (Wildman–Crippen LogP) is 2.94. The molecule has 3 rings (SSSR count). The van der Waals surface area contributed by atoms with Crippen molar-refractivity contribution in [1.29, 1.82) is 0 Å². The molecule has 1 N–H and O–H groups in total. The van der Waals surface area contributed by atoms with Crippen LogP contribution in [0.3, 0.4) is 0 Å². The third-order valence-electron chi connectivity index (χ3n) is 3.91. The number of anilines is 1. The van der Waals surface area contributed by atoms with Gasteiger partial charge in [-0.05, 0) is 40.0 Å². The van der Waals surface area contributed by atoms with Crippen molar-refractivity contribution in [3.63, 3.8) is 0 Å². The molecule has 0 spiro atoms. The molecular weight excluding hydrogens is 314 g/mol. The summed E-state index contributed by atoms with van der Waals surface area (Å²) in [6, 6.07) is -0.137. The van der Waals surface area contributed by atoms with E-state index in [1.54, 1.807) is 6.92 Å². The highest BCUT2D eigenvalue weighted by Crippen LogP contribution is 2.33. The molecule has 2 aromatic rings. The fourth-order valence-corrected chi connectivity index (χ4v) is 3.82. The second-order valence-electron chi connectivity index (χ2n) is 5.65. The molecule has 1 atom stereocenters. The number of likely N-dealkylation sites (tertiary alicyclic amines) is 1. The fraction of sp³-hybridized carbons (Fsp3) is 0.600. The Morgan fingerprint density at radius 2 is 2.22 bits per heavy atom. The van der Waals surface area contributed by atoms with E-state index in [1.165, 1.54) is 11.3 Å². The van der Waals surface area contributed by atoms with Gasteiger partial charge in [0.1, 0.15) is 10.9 Å². The van der Waals surface area contributed by atoms with E-state index < -0.39 is 0 Å². The van der Waals surface area contributed by atoms with Gasteiger partial charge in [0.2, 0.25) is 5.89 Å². The summed E-state index contributed by atoms with van der Waals surface area (Å²) in [5, 5.41) is 7.82. The molecule has 7 nitrogen and oxygen atoms in total. The summed E-state index contributed by atoms with van der Waals surface area (Å²) in [6.07, 6.45) is 2.90. The van der Waals surface area contributed by atoms with Crippen LogP contribution < -0.4 is 5.32 Å². The van der Waals surface area contributed by atoms with E-state index in [-0.39, 0.29) is 11.9 Å². The minimum absolute atomic E-state index is 0.00436. The lowest BCUT2D eigenvalue weighted by Crippen LogP contribution is -2.38. The Bertz CT molecular complexity index is 696. The van der Waals surface area contributed by atoms with E-state index in [2.05, 4.69) is 20.4 Å². The van der Waals surface area contributed by atoms with Gasteiger partial charge in [-0.25, -0.2) is 4.98 Å². The largest absolute Gasteiger partial charge is 0.362 e. The van der Waals surface area contributed by atoms with Crippen molar-refractivity contribution in [3.8, 4) is 0 Å². The summed E-state index contributed by atoms with van der Waals surface area (Å²) in [4.78, 5) is 24.3. The molecule has 1 aliphatic heterocycles. The maximum atomic E-state index is 13.0. The highest BCUT2D eigenvalue weighted by atomic mass is 32.1. The van der Waals surface area contributed by atoms with Crippen molar-refractivity contribution in [2.24, 2.45) is 0 Å². The first-order chi connectivity index (χ1) is 11.1. The first-order valence-corrected chi connectivity index (χ1v) is 8.74. The van der Waals surface area contributed by atoms with Crippen LogP contribution in [-0.4, -0.2) is 39.0 Å². The zero-order valence-electron chi connectivity index (χ0n) is 13.6. The van der Waals surface area contributed by atoms with Gasteiger partial charge < -0.3 is 14.7 Å². The van der Waals surface area contributed by atoms with Gasteiger partial charge in [0.25, 0.3) is 5.91 Å². The number of hydrogen-bond acceptors (Lipinski definition) is 7. The Morgan fingerprint density at radius 1 is 1.39 bits per heavy atom. The molecular formula is C15H21N5O2S. The molecule has 8 heteroatoms. The lowest BCUT2D eigenvalue weighted by molar-refractivity contribution is 0.0565. The van der Waals surface area contributed by atoms with Crippen molar-refractivity contribution in [2.45, 2.75) is 46.1 Å². The van der Waals surface area contributed by atoms with Gasteiger partial charge in [0.05, 0.1) is 5.69 Å². The molecule has 0 saturated carbocycles. The minimum Gasteiger partial charge on any atom is -0.362 e. The topological polar surface area (TPSA) is 84.2 Å². The number of carbonyl (C=O) groups excluding carboxylic acids is 1. The predicted molar refractivity (Wildman–Crippen MR) is 87.7 cm³/mol. The minimum atomic E-state index is -0.137. The maximum absolute atomic E-state index is 13.0. The van der Waals surface area contributed by atoms with Gasteiger partial charge in [-0.2, -0.15) is 4.98 Å². The van der Waals surface area contributed by atoms with Crippen LogP contribution in [-0.2, 0) is 0 Å². The number of carbonyl (C=O) groups is 1. The standard InChI is InChI=1S/C15H21N5O2S/c1-4-16-15-17-9(2)12(23-15)14(21)20-8-6-5-7-11(20)13-18-10(3)19-22-13/h11H,4-8H2,1-3H3,(H,16,17). The molecule has 1 saturated heterocycles. The van der Waals surface area contributed by atoms with Crippen molar-refractivity contribution < 1.29 is 9.32 Å².